The molecule has 0 bridgehead atoms. The molecule has 0 aliphatic carbocycles. The third kappa shape index (κ3) is 2.40. The zero-order valence-electron chi connectivity index (χ0n) is 11.5. The maximum Gasteiger partial charge on any atom is 0.326 e. The Morgan fingerprint density at radius 1 is 1.36 bits per heavy atom. The van der Waals surface area contributed by atoms with Gasteiger partial charge in [-0.1, -0.05) is 11.6 Å². The standard InChI is InChI=1S/C15H11ClN2O3S/c1-8(15(20)21)18-11-3-2-10(16)6-9(11)7-12(18)13(19)14-17-4-5-22-14/h2-8H,1H3,(H,20,21). The molecule has 22 heavy (non-hydrogen) atoms. The Hall–Kier alpha value is -2.18. The fourth-order valence-corrected chi connectivity index (χ4v) is 3.12. The van der Waals surface area contributed by atoms with Gasteiger partial charge in [-0.05, 0) is 31.2 Å². The van der Waals surface area contributed by atoms with E-state index in [2.05, 4.69) is 4.98 Å². The van der Waals surface area contributed by atoms with Crippen LogP contribution < -0.4 is 0 Å². The average Bonchev–Trinajstić information content (AvgIpc) is 3.12. The molecule has 3 aromatic rings. The molecule has 1 unspecified atom stereocenters. The molecule has 0 radical (unpaired) electrons. The Balaban J connectivity index is 2.26. The van der Waals surface area contributed by atoms with Gasteiger partial charge in [-0.15, -0.1) is 11.3 Å². The third-order valence-electron chi connectivity index (χ3n) is 3.40. The molecule has 0 aliphatic heterocycles. The highest BCUT2D eigenvalue weighted by atomic mass is 35.5. The van der Waals surface area contributed by atoms with Gasteiger partial charge in [-0.3, -0.25) is 4.79 Å². The smallest absolute Gasteiger partial charge is 0.326 e. The zero-order valence-corrected chi connectivity index (χ0v) is 13.1. The Bertz CT molecular complexity index is 870. The fraction of sp³-hybridized carbons (Fsp3) is 0.133. The first-order chi connectivity index (χ1) is 10.5. The van der Waals surface area contributed by atoms with Gasteiger partial charge < -0.3 is 9.67 Å². The first-order valence-electron chi connectivity index (χ1n) is 6.46. The van der Waals surface area contributed by atoms with Crippen molar-refractivity contribution in [2.24, 2.45) is 0 Å². The normalized spacial score (nSPS) is 12.5. The van der Waals surface area contributed by atoms with Gasteiger partial charge in [0, 0.05) is 27.5 Å². The molecule has 1 atom stereocenters. The molecule has 2 aromatic heterocycles. The number of halogens is 1. The average molecular weight is 335 g/mol. The number of hydrogen-bond donors (Lipinski definition) is 1. The lowest BCUT2D eigenvalue weighted by Crippen LogP contribution is -2.20. The lowest BCUT2D eigenvalue weighted by molar-refractivity contribution is -0.140. The van der Waals surface area contributed by atoms with Crippen LogP contribution in [0.2, 0.25) is 5.02 Å². The molecule has 0 saturated heterocycles. The number of hydrogen-bond acceptors (Lipinski definition) is 4. The van der Waals surface area contributed by atoms with E-state index in [-0.39, 0.29) is 5.78 Å². The van der Waals surface area contributed by atoms with Gasteiger partial charge in [-0.25, -0.2) is 9.78 Å². The predicted molar refractivity (Wildman–Crippen MR) is 84.8 cm³/mol. The number of rotatable bonds is 4. The first kappa shape index (κ1) is 14.7. The highest BCUT2D eigenvalue weighted by molar-refractivity contribution is 7.11. The van der Waals surface area contributed by atoms with Crippen molar-refractivity contribution in [2.45, 2.75) is 13.0 Å². The van der Waals surface area contributed by atoms with Crippen LogP contribution in [0.1, 0.15) is 28.5 Å². The van der Waals surface area contributed by atoms with Gasteiger partial charge in [0.25, 0.3) is 0 Å². The molecule has 0 saturated carbocycles. The van der Waals surface area contributed by atoms with Crippen molar-refractivity contribution in [3.05, 3.63) is 51.6 Å². The van der Waals surface area contributed by atoms with E-state index in [1.165, 1.54) is 22.8 Å². The largest absolute Gasteiger partial charge is 0.480 e. The maximum atomic E-state index is 12.6. The molecule has 2 heterocycles. The number of fused-ring (bicyclic) bond motifs is 1. The molecule has 0 spiro atoms. The van der Waals surface area contributed by atoms with Crippen LogP contribution in [0.5, 0.6) is 0 Å². The molecule has 7 heteroatoms. The summed E-state index contributed by atoms with van der Waals surface area (Å²) in [6, 6.07) is 5.88. The SMILES string of the molecule is CC(C(=O)O)n1c(C(=O)c2nccs2)cc2cc(Cl)ccc21. The molecular weight excluding hydrogens is 324 g/mol. The van der Waals surface area contributed by atoms with Gasteiger partial charge in [-0.2, -0.15) is 0 Å². The number of carbonyl (C=O) groups is 2. The lowest BCUT2D eigenvalue weighted by Gasteiger charge is -2.14. The van der Waals surface area contributed by atoms with Crippen LogP contribution in [0.4, 0.5) is 0 Å². The van der Waals surface area contributed by atoms with Gasteiger partial charge in [0.15, 0.2) is 5.01 Å². The van der Waals surface area contributed by atoms with E-state index in [4.69, 9.17) is 11.6 Å². The van der Waals surface area contributed by atoms with Crippen LogP contribution in [-0.4, -0.2) is 26.4 Å². The van der Waals surface area contributed by atoms with E-state index in [9.17, 15) is 14.7 Å². The van der Waals surface area contributed by atoms with Crippen molar-refractivity contribution in [3.63, 3.8) is 0 Å². The number of thiazole rings is 1. The molecule has 5 nitrogen and oxygen atoms in total. The summed E-state index contributed by atoms with van der Waals surface area (Å²) in [6.45, 7) is 1.54. The lowest BCUT2D eigenvalue weighted by atomic mass is 10.2. The number of nitrogens with zero attached hydrogens (tertiary/aromatic N) is 2. The van der Waals surface area contributed by atoms with Crippen LogP contribution >= 0.6 is 22.9 Å². The quantitative estimate of drug-likeness (QED) is 0.739. The van der Waals surface area contributed by atoms with E-state index in [1.807, 2.05) is 0 Å². The topological polar surface area (TPSA) is 72.2 Å². The molecule has 0 fully saturated rings. The minimum atomic E-state index is -1.01. The summed E-state index contributed by atoms with van der Waals surface area (Å²) in [4.78, 5) is 28.0. The van der Waals surface area contributed by atoms with E-state index in [0.717, 1.165) is 5.39 Å². The van der Waals surface area contributed by atoms with Crippen LogP contribution in [-0.2, 0) is 4.79 Å². The van der Waals surface area contributed by atoms with E-state index < -0.39 is 12.0 Å². The second-order valence-electron chi connectivity index (χ2n) is 4.78. The number of carboxylic acid groups (broad SMARTS) is 1. The Kier molecular flexibility index (Phi) is 3.72. The monoisotopic (exact) mass is 334 g/mol. The van der Waals surface area contributed by atoms with Crippen molar-refractivity contribution in [1.82, 2.24) is 9.55 Å². The van der Waals surface area contributed by atoms with Crippen molar-refractivity contribution in [2.75, 3.05) is 0 Å². The summed E-state index contributed by atoms with van der Waals surface area (Å²) in [6.07, 6.45) is 1.54. The number of carboxylic acids is 1. The molecule has 1 aromatic carbocycles. The number of carbonyl (C=O) groups excluding carboxylic acids is 1. The maximum absolute atomic E-state index is 12.6. The molecular formula is C15H11ClN2O3S. The van der Waals surface area contributed by atoms with E-state index >= 15 is 0 Å². The highest BCUT2D eigenvalue weighted by Crippen LogP contribution is 2.28. The number of aromatic nitrogens is 2. The number of ketones is 1. The van der Waals surface area contributed by atoms with Crippen molar-refractivity contribution < 1.29 is 14.7 Å². The van der Waals surface area contributed by atoms with Crippen LogP contribution in [0, 0.1) is 0 Å². The summed E-state index contributed by atoms with van der Waals surface area (Å²) in [7, 11) is 0. The van der Waals surface area contributed by atoms with E-state index in [1.54, 1.807) is 35.8 Å². The minimum Gasteiger partial charge on any atom is -0.480 e. The van der Waals surface area contributed by atoms with Crippen LogP contribution in [0.25, 0.3) is 10.9 Å². The Morgan fingerprint density at radius 2 is 2.14 bits per heavy atom. The van der Waals surface area contributed by atoms with Crippen molar-refractivity contribution in [1.29, 1.82) is 0 Å². The predicted octanol–water partition coefficient (Wildman–Crippen LogP) is 3.63. The molecule has 0 aliphatic rings. The second-order valence-corrected chi connectivity index (χ2v) is 6.11. The first-order valence-corrected chi connectivity index (χ1v) is 7.72. The summed E-state index contributed by atoms with van der Waals surface area (Å²) < 4.78 is 1.51. The molecule has 112 valence electrons. The second kappa shape index (κ2) is 5.55. The summed E-state index contributed by atoms with van der Waals surface area (Å²) in [5.41, 5.74) is 0.946. The molecule has 0 amide bonds. The highest BCUT2D eigenvalue weighted by Gasteiger charge is 2.25. The minimum absolute atomic E-state index is 0.294. The summed E-state index contributed by atoms with van der Waals surface area (Å²) >= 11 is 7.20. The molecule has 3 rings (SSSR count). The van der Waals surface area contributed by atoms with Crippen molar-refractivity contribution >= 4 is 45.6 Å². The van der Waals surface area contributed by atoms with Crippen LogP contribution in [0.3, 0.4) is 0 Å². The summed E-state index contributed by atoms with van der Waals surface area (Å²) in [5, 5.41) is 12.6. The van der Waals surface area contributed by atoms with Gasteiger partial charge in [0.2, 0.25) is 5.78 Å². The van der Waals surface area contributed by atoms with Crippen molar-refractivity contribution in [3.8, 4) is 0 Å². The van der Waals surface area contributed by atoms with Crippen LogP contribution in [0.15, 0.2) is 35.8 Å². The van der Waals surface area contributed by atoms with Gasteiger partial charge >= 0.3 is 5.97 Å². The summed E-state index contributed by atoms with van der Waals surface area (Å²) in [5.74, 6) is -1.31. The fourth-order valence-electron chi connectivity index (χ4n) is 2.35. The van der Waals surface area contributed by atoms with Gasteiger partial charge in [0.1, 0.15) is 6.04 Å². The third-order valence-corrected chi connectivity index (χ3v) is 4.41. The number of aliphatic carboxylic acids is 1. The number of benzene rings is 1. The zero-order chi connectivity index (χ0) is 15.9. The Morgan fingerprint density at radius 3 is 2.77 bits per heavy atom. The van der Waals surface area contributed by atoms with E-state index in [0.29, 0.717) is 21.2 Å². The Labute approximate surface area is 134 Å². The van der Waals surface area contributed by atoms with Gasteiger partial charge in [0.05, 0.1) is 5.69 Å². The molecule has 1 N–H and O–H groups in total.